The number of rotatable bonds is 4. The summed E-state index contributed by atoms with van der Waals surface area (Å²) in [5, 5.41) is 13.6. The van der Waals surface area contributed by atoms with Gasteiger partial charge in [-0.15, -0.1) is 0 Å². The Morgan fingerprint density at radius 2 is 2.00 bits per heavy atom. The van der Waals surface area contributed by atoms with Crippen LogP contribution in [0.1, 0.15) is 25.5 Å². The molecular formula is C13H17FN2O4. The van der Waals surface area contributed by atoms with Crippen molar-refractivity contribution >= 4 is 11.9 Å². The number of imide groups is 1. The summed E-state index contributed by atoms with van der Waals surface area (Å²) in [5.74, 6) is -1.15. The van der Waals surface area contributed by atoms with Crippen molar-refractivity contribution in [3.05, 3.63) is 29.6 Å². The van der Waals surface area contributed by atoms with Crippen molar-refractivity contribution < 1.29 is 23.8 Å². The van der Waals surface area contributed by atoms with E-state index in [0.29, 0.717) is 0 Å². The third-order valence-corrected chi connectivity index (χ3v) is 2.57. The van der Waals surface area contributed by atoms with E-state index >= 15 is 0 Å². The quantitative estimate of drug-likeness (QED) is 0.772. The third kappa shape index (κ3) is 4.20. The second-order valence-electron chi connectivity index (χ2n) is 4.19. The largest absolute Gasteiger partial charge is 0.481 e. The lowest BCUT2D eigenvalue weighted by molar-refractivity contribution is -0.126. The maximum atomic E-state index is 13.6. The first kappa shape index (κ1) is 15.9. The molecule has 0 aliphatic heterocycles. The maximum absolute atomic E-state index is 13.6. The highest BCUT2D eigenvalue weighted by atomic mass is 19.1. The van der Waals surface area contributed by atoms with E-state index in [1.54, 1.807) is 0 Å². The molecule has 3 amide bonds. The minimum absolute atomic E-state index is 0.131. The fourth-order valence-corrected chi connectivity index (χ4v) is 1.45. The number of benzene rings is 1. The van der Waals surface area contributed by atoms with Crippen molar-refractivity contribution in [3.63, 3.8) is 0 Å². The van der Waals surface area contributed by atoms with Gasteiger partial charge in [0.15, 0.2) is 6.10 Å². The van der Waals surface area contributed by atoms with Crippen LogP contribution in [0.4, 0.5) is 9.18 Å². The summed E-state index contributed by atoms with van der Waals surface area (Å²) in [5.41, 5.74) is 0.139. The van der Waals surface area contributed by atoms with Crippen LogP contribution < -0.4 is 15.4 Å². The van der Waals surface area contributed by atoms with E-state index in [-0.39, 0.29) is 11.3 Å². The van der Waals surface area contributed by atoms with E-state index in [1.807, 2.05) is 5.32 Å². The molecule has 0 spiro atoms. The van der Waals surface area contributed by atoms with Crippen LogP contribution in [-0.4, -0.2) is 30.2 Å². The molecule has 0 fully saturated rings. The molecular weight excluding hydrogens is 267 g/mol. The van der Waals surface area contributed by atoms with Gasteiger partial charge in [-0.2, -0.15) is 0 Å². The number of nitrogens with one attached hydrogen (secondary N) is 2. The van der Waals surface area contributed by atoms with E-state index in [2.05, 4.69) is 5.32 Å². The average molecular weight is 284 g/mol. The lowest BCUT2D eigenvalue weighted by Gasteiger charge is -2.15. The fourth-order valence-electron chi connectivity index (χ4n) is 1.45. The Morgan fingerprint density at radius 1 is 1.35 bits per heavy atom. The van der Waals surface area contributed by atoms with Crippen molar-refractivity contribution in [2.24, 2.45) is 0 Å². The molecule has 0 heterocycles. The SMILES string of the molecule is CNC(=O)NC(=O)C(C)Oc1ccc(C(C)O)c(F)c1. The number of amides is 3. The number of aliphatic hydroxyl groups excluding tert-OH is 1. The molecule has 0 aromatic heterocycles. The Labute approximate surface area is 115 Å². The standard InChI is InChI=1S/C13H17FN2O4/c1-7(17)10-5-4-9(6-11(10)14)20-8(2)12(18)16-13(19)15-3/h4-8,17H,1-3H3,(H2,15,16,18,19). The van der Waals surface area contributed by atoms with Gasteiger partial charge in [0.1, 0.15) is 11.6 Å². The normalized spacial score (nSPS) is 13.2. The third-order valence-electron chi connectivity index (χ3n) is 2.57. The van der Waals surface area contributed by atoms with Gasteiger partial charge in [-0.25, -0.2) is 9.18 Å². The summed E-state index contributed by atoms with van der Waals surface area (Å²) in [7, 11) is 1.37. The first-order valence-electron chi connectivity index (χ1n) is 6.02. The molecule has 0 aliphatic carbocycles. The predicted octanol–water partition coefficient (Wildman–Crippen LogP) is 1.10. The molecule has 1 aromatic carbocycles. The molecule has 2 unspecified atom stereocenters. The molecule has 0 saturated heterocycles. The van der Waals surface area contributed by atoms with E-state index in [1.165, 1.54) is 33.0 Å². The highest BCUT2D eigenvalue weighted by molar-refractivity contribution is 5.96. The average Bonchev–Trinajstić information content (AvgIpc) is 2.37. The molecule has 3 N–H and O–H groups in total. The smallest absolute Gasteiger partial charge is 0.321 e. The molecule has 1 aromatic rings. The van der Waals surface area contributed by atoms with Crippen molar-refractivity contribution in [2.75, 3.05) is 7.05 Å². The molecule has 0 bridgehead atoms. The number of hydrogen-bond acceptors (Lipinski definition) is 4. The van der Waals surface area contributed by atoms with Gasteiger partial charge in [0, 0.05) is 18.7 Å². The molecule has 6 nitrogen and oxygen atoms in total. The van der Waals surface area contributed by atoms with Crippen LogP contribution in [0.2, 0.25) is 0 Å². The number of carbonyl (C=O) groups is 2. The van der Waals surface area contributed by atoms with Crippen LogP contribution in [-0.2, 0) is 4.79 Å². The Kier molecular flexibility index (Phi) is 5.45. The molecule has 7 heteroatoms. The predicted molar refractivity (Wildman–Crippen MR) is 69.7 cm³/mol. The Balaban J connectivity index is 2.71. The zero-order chi connectivity index (χ0) is 15.3. The number of halogens is 1. The molecule has 0 aliphatic rings. The molecule has 20 heavy (non-hydrogen) atoms. The molecule has 1 rings (SSSR count). The van der Waals surface area contributed by atoms with Crippen LogP contribution >= 0.6 is 0 Å². The van der Waals surface area contributed by atoms with Gasteiger partial charge >= 0.3 is 6.03 Å². The van der Waals surface area contributed by atoms with Gasteiger partial charge in [-0.3, -0.25) is 10.1 Å². The number of aliphatic hydroxyl groups is 1. The highest BCUT2D eigenvalue weighted by Crippen LogP contribution is 2.22. The molecule has 0 radical (unpaired) electrons. The van der Waals surface area contributed by atoms with Gasteiger partial charge < -0.3 is 15.2 Å². The minimum atomic E-state index is -0.968. The molecule has 0 saturated carbocycles. The van der Waals surface area contributed by atoms with Crippen LogP contribution in [0.25, 0.3) is 0 Å². The Morgan fingerprint density at radius 3 is 2.50 bits per heavy atom. The number of urea groups is 1. The van der Waals surface area contributed by atoms with Gasteiger partial charge in [0.2, 0.25) is 0 Å². The van der Waals surface area contributed by atoms with Gasteiger partial charge in [-0.05, 0) is 26.0 Å². The second-order valence-corrected chi connectivity index (χ2v) is 4.19. The summed E-state index contributed by atoms with van der Waals surface area (Å²) in [4.78, 5) is 22.5. The van der Waals surface area contributed by atoms with E-state index in [0.717, 1.165) is 6.07 Å². The number of carbonyl (C=O) groups excluding carboxylic acids is 2. The van der Waals surface area contributed by atoms with Gasteiger partial charge in [-0.1, -0.05) is 0 Å². The maximum Gasteiger partial charge on any atom is 0.321 e. The number of ether oxygens (including phenoxy) is 1. The number of hydrogen-bond donors (Lipinski definition) is 3. The highest BCUT2D eigenvalue weighted by Gasteiger charge is 2.18. The summed E-state index contributed by atoms with van der Waals surface area (Å²) in [6.07, 6.45) is -1.90. The lowest BCUT2D eigenvalue weighted by atomic mass is 10.1. The van der Waals surface area contributed by atoms with Crippen molar-refractivity contribution in [1.29, 1.82) is 0 Å². The van der Waals surface area contributed by atoms with Crippen LogP contribution in [0, 0.1) is 5.82 Å². The first-order valence-corrected chi connectivity index (χ1v) is 6.02. The minimum Gasteiger partial charge on any atom is -0.481 e. The zero-order valence-corrected chi connectivity index (χ0v) is 11.4. The van der Waals surface area contributed by atoms with Crippen LogP contribution in [0.15, 0.2) is 18.2 Å². The monoisotopic (exact) mass is 284 g/mol. The van der Waals surface area contributed by atoms with Gasteiger partial charge in [0.25, 0.3) is 5.91 Å². The summed E-state index contributed by atoms with van der Waals surface area (Å²) >= 11 is 0. The van der Waals surface area contributed by atoms with E-state index < -0.39 is 30.0 Å². The summed E-state index contributed by atoms with van der Waals surface area (Å²) in [6, 6.07) is 3.24. The van der Waals surface area contributed by atoms with E-state index in [9.17, 15) is 19.1 Å². The van der Waals surface area contributed by atoms with Gasteiger partial charge in [0.05, 0.1) is 6.10 Å². The van der Waals surface area contributed by atoms with Crippen LogP contribution in [0.5, 0.6) is 5.75 Å². The van der Waals surface area contributed by atoms with Crippen LogP contribution in [0.3, 0.4) is 0 Å². The van der Waals surface area contributed by atoms with Crippen molar-refractivity contribution in [2.45, 2.75) is 26.1 Å². The topological polar surface area (TPSA) is 87.7 Å². The Hall–Kier alpha value is -2.15. The zero-order valence-electron chi connectivity index (χ0n) is 11.4. The summed E-state index contributed by atoms with van der Waals surface area (Å²) in [6.45, 7) is 2.87. The molecule has 110 valence electrons. The second kappa shape index (κ2) is 6.85. The van der Waals surface area contributed by atoms with Crippen molar-refractivity contribution in [1.82, 2.24) is 10.6 Å². The lowest BCUT2D eigenvalue weighted by Crippen LogP contribution is -2.43. The van der Waals surface area contributed by atoms with E-state index in [4.69, 9.17) is 4.74 Å². The summed E-state index contributed by atoms with van der Waals surface area (Å²) < 4.78 is 18.8. The van der Waals surface area contributed by atoms with Crippen molar-refractivity contribution in [3.8, 4) is 5.75 Å². The Bertz CT molecular complexity index is 505. The fraction of sp³-hybridized carbons (Fsp3) is 0.385. The first-order chi connectivity index (χ1) is 9.35. The molecule has 2 atom stereocenters.